The molecule has 26 heavy (non-hydrogen) atoms. The first kappa shape index (κ1) is 19.8. The lowest BCUT2D eigenvalue weighted by molar-refractivity contribution is -0.115. The van der Waals surface area contributed by atoms with Crippen molar-refractivity contribution in [2.24, 2.45) is 0 Å². The Kier molecular flexibility index (Phi) is 7.09. The zero-order valence-electron chi connectivity index (χ0n) is 15.4. The van der Waals surface area contributed by atoms with E-state index in [1.807, 2.05) is 31.2 Å². The molecule has 138 valence electrons. The highest BCUT2D eigenvalue weighted by molar-refractivity contribution is 8.00. The number of benzene rings is 2. The Morgan fingerprint density at radius 2 is 1.85 bits per heavy atom. The number of hydrogen-bond acceptors (Lipinski definition) is 5. The topological polar surface area (TPSA) is 64.6 Å². The Morgan fingerprint density at radius 1 is 1.15 bits per heavy atom. The maximum absolute atomic E-state index is 12.5. The molecule has 0 aliphatic rings. The van der Waals surface area contributed by atoms with Crippen LogP contribution in [0.3, 0.4) is 0 Å². The number of esters is 1. The van der Waals surface area contributed by atoms with Crippen molar-refractivity contribution < 1.29 is 19.1 Å². The lowest BCUT2D eigenvalue weighted by Crippen LogP contribution is -2.23. The van der Waals surface area contributed by atoms with Crippen molar-refractivity contribution in [2.45, 2.75) is 30.9 Å². The van der Waals surface area contributed by atoms with Gasteiger partial charge in [0.05, 0.1) is 24.5 Å². The quantitative estimate of drug-likeness (QED) is 0.579. The second-order valence-electron chi connectivity index (χ2n) is 5.62. The first-order valence-corrected chi connectivity index (χ1v) is 9.22. The summed E-state index contributed by atoms with van der Waals surface area (Å²) in [5, 5.41) is 2.60. The summed E-state index contributed by atoms with van der Waals surface area (Å²) < 4.78 is 10.2. The number of carbonyl (C=O) groups is 2. The van der Waals surface area contributed by atoms with Gasteiger partial charge >= 0.3 is 5.97 Å². The molecule has 0 bridgehead atoms. The minimum absolute atomic E-state index is 0.130. The molecule has 6 heteroatoms. The van der Waals surface area contributed by atoms with E-state index in [4.69, 9.17) is 9.47 Å². The highest BCUT2D eigenvalue weighted by atomic mass is 32.2. The van der Waals surface area contributed by atoms with Gasteiger partial charge in [0, 0.05) is 10.6 Å². The van der Waals surface area contributed by atoms with E-state index in [0.29, 0.717) is 23.4 Å². The Bertz CT molecular complexity index is 774. The molecule has 0 heterocycles. The standard InChI is InChI=1S/C20H23NO4S/c1-5-25-20(23)17-7-6-8-18(13(17)2)21-19(22)14(3)26-16-11-9-15(24-4)10-12-16/h6-12,14H,5H2,1-4H3,(H,21,22)/t14-/m1/s1. The van der Waals surface area contributed by atoms with Gasteiger partial charge in [0.1, 0.15) is 5.75 Å². The molecule has 0 saturated heterocycles. The summed E-state index contributed by atoms with van der Waals surface area (Å²) in [6.07, 6.45) is 0. The summed E-state index contributed by atoms with van der Waals surface area (Å²) in [4.78, 5) is 25.5. The Hall–Kier alpha value is -2.47. The molecule has 5 nitrogen and oxygen atoms in total. The monoisotopic (exact) mass is 373 g/mol. The summed E-state index contributed by atoms with van der Waals surface area (Å²) >= 11 is 1.46. The second-order valence-corrected chi connectivity index (χ2v) is 7.04. The molecule has 1 N–H and O–H groups in total. The zero-order chi connectivity index (χ0) is 19.1. The van der Waals surface area contributed by atoms with Gasteiger partial charge < -0.3 is 14.8 Å². The average molecular weight is 373 g/mol. The lowest BCUT2D eigenvalue weighted by Gasteiger charge is -2.15. The average Bonchev–Trinajstić information content (AvgIpc) is 2.64. The molecule has 1 amide bonds. The number of amides is 1. The van der Waals surface area contributed by atoms with Gasteiger partial charge in [-0.1, -0.05) is 6.07 Å². The van der Waals surface area contributed by atoms with Crippen molar-refractivity contribution in [3.05, 3.63) is 53.6 Å². The summed E-state index contributed by atoms with van der Waals surface area (Å²) in [5.74, 6) is 0.259. The molecular formula is C20H23NO4S. The third kappa shape index (κ3) is 5.02. The molecule has 0 aliphatic carbocycles. The van der Waals surface area contributed by atoms with E-state index in [2.05, 4.69) is 5.32 Å². The minimum Gasteiger partial charge on any atom is -0.497 e. The fraction of sp³-hybridized carbons (Fsp3) is 0.300. The fourth-order valence-electron chi connectivity index (χ4n) is 2.35. The van der Waals surface area contributed by atoms with Crippen LogP contribution in [-0.4, -0.2) is 30.8 Å². The second kappa shape index (κ2) is 9.29. The molecular weight excluding hydrogens is 350 g/mol. The Morgan fingerprint density at radius 3 is 2.46 bits per heavy atom. The molecule has 2 aromatic rings. The molecule has 0 spiro atoms. The summed E-state index contributed by atoms with van der Waals surface area (Å²) in [6.45, 7) is 5.71. The molecule has 0 radical (unpaired) electrons. The summed E-state index contributed by atoms with van der Waals surface area (Å²) in [6, 6.07) is 12.8. The van der Waals surface area contributed by atoms with E-state index in [9.17, 15) is 9.59 Å². The predicted molar refractivity (Wildman–Crippen MR) is 104 cm³/mol. The van der Waals surface area contributed by atoms with Gasteiger partial charge in [-0.05, 0) is 62.7 Å². The van der Waals surface area contributed by atoms with Crippen LogP contribution >= 0.6 is 11.8 Å². The van der Waals surface area contributed by atoms with Crippen LogP contribution in [0.25, 0.3) is 0 Å². The van der Waals surface area contributed by atoms with E-state index < -0.39 is 0 Å². The molecule has 0 unspecified atom stereocenters. The van der Waals surface area contributed by atoms with Gasteiger partial charge in [-0.3, -0.25) is 4.79 Å². The van der Waals surface area contributed by atoms with Crippen LogP contribution in [-0.2, 0) is 9.53 Å². The third-order valence-electron chi connectivity index (χ3n) is 3.83. The van der Waals surface area contributed by atoms with Gasteiger partial charge in [0.25, 0.3) is 0 Å². The molecule has 0 fully saturated rings. The van der Waals surface area contributed by atoms with E-state index in [1.165, 1.54) is 11.8 Å². The van der Waals surface area contributed by atoms with Crippen molar-refractivity contribution in [3.63, 3.8) is 0 Å². The van der Waals surface area contributed by atoms with Gasteiger partial charge in [0.2, 0.25) is 5.91 Å². The number of ether oxygens (including phenoxy) is 2. The van der Waals surface area contributed by atoms with Crippen molar-refractivity contribution in [1.29, 1.82) is 0 Å². The van der Waals surface area contributed by atoms with Crippen LogP contribution in [0.4, 0.5) is 5.69 Å². The van der Waals surface area contributed by atoms with Crippen LogP contribution < -0.4 is 10.1 Å². The summed E-state index contributed by atoms with van der Waals surface area (Å²) in [7, 11) is 1.62. The third-order valence-corrected chi connectivity index (χ3v) is 4.94. The summed E-state index contributed by atoms with van der Waals surface area (Å²) in [5.41, 5.74) is 1.77. The molecule has 0 saturated carbocycles. The number of anilines is 1. The maximum atomic E-state index is 12.5. The predicted octanol–water partition coefficient (Wildman–Crippen LogP) is 4.30. The van der Waals surface area contributed by atoms with E-state index in [0.717, 1.165) is 10.6 Å². The van der Waals surface area contributed by atoms with Crippen molar-refractivity contribution in [2.75, 3.05) is 19.0 Å². The van der Waals surface area contributed by atoms with Crippen LogP contribution in [0.5, 0.6) is 5.75 Å². The first-order valence-electron chi connectivity index (χ1n) is 8.34. The van der Waals surface area contributed by atoms with Crippen LogP contribution in [0.1, 0.15) is 29.8 Å². The highest BCUT2D eigenvalue weighted by Gasteiger charge is 2.18. The SMILES string of the molecule is CCOC(=O)c1cccc(NC(=O)[C@@H](C)Sc2ccc(OC)cc2)c1C. The van der Waals surface area contributed by atoms with Gasteiger partial charge in [-0.2, -0.15) is 0 Å². The molecule has 2 aromatic carbocycles. The van der Waals surface area contributed by atoms with Gasteiger partial charge in [0.15, 0.2) is 0 Å². The van der Waals surface area contributed by atoms with E-state index >= 15 is 0 Å². The van der Waals surface area contributed by atoms with E-state index in [-0.39, 0.29) is 17.1 Å². The zero-order valence-corrected chi connectivity index (χ0v) is 16.2. The normalized spacial score (nSPS) is 11.5. The number of methoxy groups -OCH3 is 1. The first-order chi connectivity index (χ1) is 12.5. The smallest absolute Gasteiger partial charge is 0.338 e. The van der Waals surface area contributed by atoms with Crippen molar-refractivity contribution in [1.82, 2.24) is 0 Å². The van der Waals surface area contributed by atoms with Crippen LogP contribution in [0.2, 0.25) is 0 Å². The van der Waals surface area contributed by atoms with Gasteiger partial charge in [-0.25, -0.2) is 4.79 Å². The van der Waals surface area contributed by atoms with Crippen LogP contribution in [0.15, 0.2) is 47.4 Å². The largest absolute Gasteiger partial charge is 0.497 e. The number of carbonyl (C=O) groups excluding carboxylic acids is 2. The molecule has 1 atom stereocenters. The number of hydrogen-bond donors (Lipinski definition) is 1. The highest BCUT2D eigenvalue weighted by Crippen LogP contribution is 2.27. The van der Waals surface area contributed by atoms with Gasteiger partial charge in [-0.15, -0.1) is 11.8 Å². The molecule has 2 rings (SSSR count). The Labute approximate surface area is 158 Å². The molecule has 0 aliphatic heterocycles. The number of thioether (sulfide) groups is 1. The number of nitrogens with one attached hydrogen (secondary N) is 1. The number of rotatable bonds is 7. The lowest BCUT2D eigenvalue weighted by atomic mass is 10.1. The van der Waals surface area contributed by atoms with E-state index in [1.54, 1.807) is 39.2 Å². The fourth-order valence-corrected chi connectivity index (χ4v) is 3.21. The molecule has 0 aromatic heterocycles. The van der Waals surface area contributed by atoms with Crippen molar-refractivity contribution in [3.8, 4) is 5.75 Å². The van der Waals surface area contributed by atoms with Crippen molar-refractivity contribution >= 4 is 29.3 Å². The minimum atomic E-state index is -0.387. The van der Waals surface area contributed by atoms with Crippen LogP contribution in [0, 0.1) is 6.92 Å². The Balaban J connectivity index is 2.06. The maximum Gasteiger partial charge on any atom is 0.338 e.